The zero-order valence-corrected chi connectivity index (χ0v) is 21.9. The van der Waals surface area contributed by atoms with Gasteiger partial charge in [-0.15, -0.1) is 0 Å². The molecule has 5 rings (SSSR count). The Hall–Kier alpha value is -3.85. The number of carbonyl (C=O) groups excluding carboxylic acids is 4. The summed E-state index contributed by atoms with van der Waals surface area (Å²) in [6.45, 7) is 0.191. The Morgan fingerprint density at radius 2 is 1.68 bits per heavy atom. The van der Waals surface area contributed by atoms with E-state index < -0.39 is 35.8 Å². The molecule has 3 amide bonds. The molecule has 0 spiro atoms. The van der Waals surface area contributed by atoms with Gasteiger partial charge in [0.15, 0.2) is 5.78 Å². The van der Waals surface area contributed by atoms with Crippen LogP contribution in [0.4, 0.5) is 4.39 Å². The van der Waals surface area contributed by atoms with E-state index in [1.54, 1.807) is 60.7 Å². The molecule has 0 saturated carbocycles. The van der Waals surface area contributed by atoms with Crippen LogP contribution in [0.5, 0.6) is 0 Å². The van der Waals surface area contributed by atoms with Gasteiger partial charge in [-0.25, -0.2) is 4.39 Å². The average molecular weight is 578 g/mol. The van der Waals surface area contributed by atoms with Crippen molar-refractivity contribution in [1.29, 1.82) is 0 Å². The first kappa shape index (κ1) is 25.8. The van der Waals surface area contributed by atoms with Crippen molar-refractivity contribution in [3.8, 4) is 0 Å². The van der Waals surface area contributed by atoms with Crippen molar-refractivity contribution >= 4 is 39.4 Å². The fraction of sp³-hybridized carbons (Fsp3) is 0.241. The number of rotatable bonds is 6. The summed E-state index contributed by atoms with van der Waals surface area (Å²) in [6.07, 6.45) is 0.498. The highest BCUT2D eigenvalue weighted by molar-refractivity contribution is 9.10. The van der Waals surface area contributed by atoms with Crippen LogP contribution in [0.2, 0.25) is 0 Å². The Kier molecular flexibility index (Phi) is 7.37. The molecule has 1 N–H and O–H groups in total. The summed E-state index contributed by atoms with van der Waals surface area (Å²) in [7, 11) is 0. The molecule has 0 radical (unpaired) electrons. The Bertz CT molecular complexity index is 1400. The number of amides is 3. The Balaban J connectivity index is 1.39. The van der Waals surface area contributed by atoms with Crippen molar-refractivity contribution in [2.45, 2.75) is 31.0 Å². The second-order valence-corrected chi connectivity index (χ2v) is 10.4. The Morgan fingerprint density at radius 1 is 0.947 bits per heavy atom. The highest BCUT2D eigenvalue weighted by Crippen LogP contribution is 2.31. The van der Waals surface area contributed by atoms with Gasteiger partial charge in [0.05, 0.1) is 12.6 Å². The Labute approximate surface area is 227 Å². The van der Waals surface area contributed by atoms with Gasteiger partial charge < -0.3 is 15.1 Å². The van der Waals surface area contributed by atoms with E-state index >= 15 is 0 Å². The molecule has 0 aromatic heterocycles. The maximum Gasteiger partial charge on any atom is 0.254 e. The van der Waals surface area contributed by atoms with E-state index in [0.29, 0.717) is 27.6 Å². The van der Waals surface area contributed by atoms with E-state index in [9.17, 15) is 23.6 Å². The van der Waals surface area contributed by atoms with Crippen molar-refractivity contribution in [3.63, 3.8) is 0 Å². The third-order valence-corrected chi connectivity index (χ3v) is 7.50. The summed E-state index contributed by atoms with van der Waals surface area (Å²) >= 11 is 3.35. The molecule has 3 aromatic carbocycles. The van der Waals surface area contributed by atoms with Gasteiger partial charge in [0, 0.05) is 28.6 Å². The SMILES string of the molecule is O=C(N[C@@H](Cc1cccc(F)c1)C(=O)N1CC[C@@H]2[C@H]1C(=O)CN2C(=O)c1ccccc1)c1cccc(Br)c1. The highest BCUT2D eigenvalue weighted by Gasteiger charge is 2.52. The quantitative estimate of drug-likeness (QED) is 0.485. The molecule has 0 bridgehead atoms. The number of nitrogens with zero attached hydrogens (tertiary/aromatic N) is 2. The van der Waals surface area contributed by atoms with E-state index in [0.717, 1.165) is 0 Å². The van der Waals surface area contributed by atoms with Crippen molar-refractivity contribution < 1.29 is 23.6 Å². The van der Waals surface area contributed by atoms with E-state index in [1.807, 2.05) is 6.07 Å². The lowest BCUT2D eigenvalue weighted by Gasteiger charge is -2.28. The van der Waals surface area contributed by atoms with Gasteiger partial charge >= 0.3 is 0 Å². The Morgan fingerprint density at radius 3 is 2.42 bits per heavy atom. The number of hydrogen-bond donors (Lipinski definition) is 1. The predicted octanol–water partition coefficient (Wildman–Crippen LogP) is 3.62. The number of fused-ring (bicyclic) bond motifs is 1. The highest BCUT2D eigenvalue weighted by atomic mass is 79.9. The second-order valence-electron chi connectivity index (χ2n) is 9.47. The molecule has 0 unspecified atom stereocenters. The third-order valence-electron chi connectivity index (χ3n) is 7.01. The first-order valence-electron chi connectivity index (χ1n) is 12.3. The van der Waals surface area contributed by atoms with Crippen LogP contribution in [-0.4, -0.2) is 64.5 Å². The van der Waals surface area contributed by atoms with E-state index in [1.165, 1.54) is 21.9 Å². The molecule has 7 nitrogen and oxygen atoms in total. The van der Waals surface area contributed by atoms with Gasteiger partial charge in [-0.3, -0.25) is 19.2 Å². The number of nitrogens with one attached hydrogen (secondary N) is 1. The molecule has 2 saturated heterocycles. The van der Waals surface area contributed by atoms with Crippen molar-refractivity contribution in [2.24, 2.45) is 0 Å². The van der Waals surface area contributed by atoms with Gasteiger partial charge in [0.1, 0.15) is 17.9 Å². The molecule has 3 atom stereocenters. The maximum absolute atomic E-state index is 13.9. The van der Waals surface area contributed by atoms with Gasteiger partial charge in [0.2, 0.25) is 5.91 Å². The average Bonchev–Trinajstić information content (AvgIpc) is 3.49. The molecule has 2 aliphatic rings. The van der Waals surface area contributed by atoms with Crippen LogP contribution >= 0.6 is 15.9 Å². The fourth-order valence-corrected chi connectivity index (χ4v) is 5.66. The normalized spacial score (nSPS) is 19.3. The summed E-state index contributed by atoms with van der Waals surface area (Å²) in [5.41, 5.74) is 1.37. The number of benzene rings is 3. The first-order chi connectivity index (χ1) is 18.3. The minimum atomic E-state index is -1.03. The van der Waals surface area contributed by atoms with Crippen molar-refractivity contribution in [3.05, 3.63) is 106 Å². The predicted molar refractivity (Wildman–Crippen MR) is 142 cm³/mol. The van der Waals surface area contributed by atoms with Crippen LogP contribution in [0.25, 0.3) is 0 Å². The topological polar surface area (TPSA) is 86.8 Å². The number of hydrogen-bond acceptors (Lipinski definition) is 4. The van der Waals surface area contributed by atoms with Crippen molar-refractivity contribution in [1.82, 2.24) is 15.1 Å². The van der Waals surface area contributed by atoms with Crippen LogP contribution < -0.4 is 5.32 Å². The van der Waals surface area contributed by atoms with Crippen LogP contribution in [0.15, 0.2) is 83.3 Å². The lowest BCUT2D eigenvalue weighted by molar-refractivity contribution is -0.138. The minimum Gasteiger partial charge on any atom is -0.340 e. The van der Waals surface area contributed by atoms with Crippen molar-refractivity contribution in [2.75, 3.05) is 13.1 Å². The number of carbonyl (C=O) groups is 4. The lowest BCUT2D eigenvalue weighted by atomic mass is 10.0. The number of ketones is 1. The molecular formula is C29H25BrFN3O4. The minimum absolute atomic E-state index is 0.0467. The molecule has 3 aromatic rings. The third kappa shape index (κ3) is 5.24. The number of halogens is 2. The van der Waals surface area contributed by atoms with Crippen LogP contribution in [0, 0.1) is 5.82 Å². The molecule has 2 aliphatic heterocycles. The molecular weight excluding hydrogens is 553 g/mol. The van der Waals surface area contributed by atoms with Gasteiger partial charge in [-0.2, -0.15) is 0 Å². The lowest BCUT2D eigenvalue weighted by Crippen LogP contribution is -2.53. The maximum atomic E-state index is 13.9. The van der Waals surface area contributed by atoms with Gasteiger partial charge in [-0.1, -0.05) is 52.3 Å². The molecule has 0 aliphatic carbocycles. The zero-order chi connectivity index (χ0) is 26.8. The van der Waals surface area contributed by atoms with E-state index in [2.05, 4.69) is 21.2 Å². The summed E-state index contributed by atoms with van der Waals surface area (Å²) in [5, 5.41) is 2.79. The standard InChI is InChI=1S/C29H25BrFN3O4/c30-21-10-5-9-20(16-21)27(36)32-23(15-18-6-4-11-22(31)14-18)29(38)33-13-12-24-26(33)25(35)17-34(24)28(37)19-7-2-1-3-8-19/h1-11,14,16,23-24,26H,12-13,15,17H2,(H,32,36)/t23-,24+,26-/m0/s1. The largest absolute Gasteiger partial charge is 0.340 e. The van der Waals surface area contributed by atoms with Crippen LogP contribution in [0.1, 0.15) is 32.7 Å². The molecule has 38 heavy (non-hydrogen) atoms. The monoisotopic (exact) mass is 577 g/mol. The molecule has 2 fully saturated rings. The van der Waals surface area contributed by atoms with Crippen LogP contribution in [-0.2, 0) is 16.0 Å². The second kappa shape index (κ2) is 10.9. The van der Waals surface area contributed by atoms with E-state index in [4.69, 9.17) is 0 Å². The number of likely N-dealkylation sites (tertiary alicyclic amines) is 2. The smallest absolute Gasteiger partial charge is 0.254 e. The van der Waals surface area contributed by atoms with E-state index in [-0.39, 0.29) is 31.2 Å². The first-order valence-corrected chi connectivity index (χ1v) is 13.1. The zero-order valence-electron chi connectivity index (χ0n) is 20.3. The summed E-state index contributed by atoms with van der Waals surface area (Å²) in [5.74, 6) is -1.81. The van der Waals surface area contributed by atoms with Gasteiger partial charge in [-0.05, 0) is 54.4 Å². The molecule has 2 heterocycles. The summed E-state index contributed by atoms with van der Waals surface area (Å²) in [6, 6.07) is 19.1. The molecule has 194 valence electrons. The van der Waals surface area contributed by atoms with Crippen LogP contribution in [0.3, 0.4) is 0 Å². The molecule has 9 heteroatoms. The summed E-state index contributed by atoms with van der Waals surface area (Å²) < 4.78 is 14.6. The summed E-state index contributed by atoms with van der Waals surface area (Å²) in [4.78, 5) is 56.2. The van der Waals surface area contributed by atoms with Gasteiger partial charge in [0.25, 0.3) is 11.8 Å². The number of Topliss-reactive ketones (excluding diaryl/α,β-unsaturated/α-hetero) is 1. The fourth-order valence-electron chi connectivity index (χ4n) is 5.26.